The van der Waals surface area contributed by atoms with Crippen molar-refractivity contribution < 1.29 is 0 Å². The molecule has 18 heavy (non-hydrogen) atoms. The van der Waals surface area contributed by atoms with E-state index in [4.69, 9.17) is 0 Å². The third-order valence-corrected chi connectivity index (χ3v) is 4.57. The molecule has 2 unspecified atom stereocenters. The van der Waals surface area contributed by atoms with Crippen LogP contribution >= 0.6 is 0 Å². The Morgan fingerprint density at radius 2 is 1.94 bits per heavy atom. The predicted octanol–water partition coefficient (Wildman–Crippen LogP) is 3.67. The first kappa shape index (κ1) is 16.0. The van der Waals surface area contributed by atoms with Gasteiger partial charge in [0, 0.05) is 12.1 Å². The monoisotopic (exact) mass is 254 g/mol. The largest absolute Gasteiger partial charge is 0.316 e. The molecular weight excluding hydrogens is 220 g/mol. The van der Waals surface area contributed by atoms with Crippen LogP contribution in [-0.4, -0.2) is 37.1 Å². The van der Waals surface area contributed by atoms with Crippen LogP contribution in [0, 0.1) is 5.41 Å². The van der Waals surface area contributed by atoms with Crippen molar-refractivity contribution in [3.63, 3.8) is 0 Å². The van der Waals surface area contributed by atoms with Crippen molar-refractivity contribution in [3.05, 3.63) is 0 Å². The number of nitrogens with one attached hydrogen (secondary N) is 1. The van der Waals surface area contributed by atoms with E-state index in [-0.39, 0.29) is 0 Å². The van der Waals surface area contributed by atoms with E-state index >= 15 is 0 Å². The molecule has 1 rings (SSSR count). The van der Waals surface area contributed by atoms with Crippen LogP contribution in [0.5, 0.6) is 0 Å². The second-order valence-electron chi connectivity index (χ2n) is 6.94. The van der Waals surface area contributed by atoms with Crippen LogP contribution in [0.4, 0.5) is 0 Å². The quantitative estimate of drug-likeness (QED) is 0.805. The smallest absolute Gasteiger partial charge is 0.0125 e. The highest BCUT2D eigenvalue weighted by Gasteiger charge is 2.25. The van der Waals surface area contributed by atoms with Gasteiger partial charge in [0.15, 0.2) is 0 Å². The van der Waals surface area contributed by atoms with Gasteiger partial charge < -0.3 is 10.2 Å². The molecule has 0 aromatic rings. The maximum Gasteiger partial charge on any atom is 0.0125 e. The molecule has 0 aliphatic carbocycles. The topological polar surface area (TPSA) is 15.3 Å². The Morgan fingerprint density at radius 3 is 2.50 bits per heavy atom. The van der Waals surface area contributed by atoms with Crippen molar-refractivity contribution in [3.8, 4) is 0 Å². The molecule has 0 aromatic heterocycles. The lowest BCUT2D eigenvalue weighted by molar-refractivity contribution is 0.165. The van der Waals surface area contributed by atoms with E-state index in [2.05, 4.69) is 45.0 Å². The van der Waals surface area contributed by atoms with Gasteiger partial charge in [-0.15, -0.1) is 0 Å². The molecule has 0 radical (unpaired) electrons. The molecule has 2 nitrogen and oxygen atoms in total. The van der Waals surface area contributed by atoms with Gasteiger partial charge in [0.25, 0.3) is 0 Å². The SMILES string of the molecule is CCC1CCCCCN1CCC(NC)C(C)(C)C. The van der Waals surface area contributed by atoms with E-state index in [1.807, 2.05) is 0 Å². The van der Waals surface area contributed by atoms with Gasteiger partial charge in [-0.1, -0.05) is 40.5 Å². The van der Waals surface area contributed by atoms with Crippen molar-refractivity contribution in [2.75, 3.05) is 20.1 Å². The Bertz CT molecular complexity index is 220. The molecule has 108 valence electrons. The molecule has 1 N–H and O–H groups in total. The van der Waals surface area contributed by atoms with Gasteiger partial charge in [0.05, 0.1) is 0 Å². The highest BCUT2D eigenvalue weighted by molar-refractivity contribution is 4.82. The lowest BCUT2D eigenvalue weighted by atomic mass is 9.84. The van der Waals surface area contributed by atoms with Crippen LogP contribution in [0.25, 0.3) is 0 Å². The van der Waals surface area contributed by atoms with Crippen molar-refractivity contribution in [2.24, 2.45) is 5.41 Å². The fourth-order valence-electron chi connectivity index (χ4n) is 3.30. The Hall–Kier alpha value is -0.0800. The minimum atomic E-state index is 0.363. The Kier molecular flexibility index (Phi) is 6.65. The minimum Gasteiger partial charge on any atom is -0.316 e. The Morgan fingerprint density at radius 1 is 1.22 bits per heavy atom. The van der Waals surface area contributed by atoms with E-state index in [1.54, 1.807) is 0 Å². The lowest BCUT2D eigenvalue weighted by Gasteiger charge is -2.35. The second kappa shape index (κ2) is 7.49. The number of hydrogen-bond donors (Lipinski definition) is 1. The average molecular weight is 254 g/mol. The predicted molar refractivity (Wildman–Crippen MR) is 81.0 cm³/mol. The van der Waals surface area contributed by atoms with Crippen LogP contribution < -0.4 is 5.32 Å². The zero-order valence-electron chi connectivity index (χ0n) is 13.3. The number of nitrogens with zero attached hydrogens (tertiary/aromatic N) is 1. The molecular formula is C16H34N2. The van der Waals surface area contributed by atoms with Crippen LogP contribution in [0.1, 0.15) is 66.2 Å². The van der Waals surface area contributed by atoms with E-state index in [9.17, 15) is 0 Å². The summed E-state index contributed by atoms with van der Waals surface area (Å²) in [5, 5.41) is 3.50. The summed E-state index contributed by atoms with van der Waals surface area (Å²) in [5.41, 5.74) is 0.363. The summed E-state index contributed by atoms with van der Waals surface area (Å²) in [6.07, 6.45) is 8.27. The van der Waals surface area contributed by atoms with Crippen LogP contribution in [0.2, 0.25) is 0 Å². The van der Waals surface area contributed by atoms with Crippen LogP contribution in [-0.2, 0) is 0 Å². The summed E-state index contributed by atoms with van der Waals surface area (Å²) in [5.74, 6) is 0. The maximum absolute atomic E-state index is 3.50. The molecule has 0 saturated carbocycles. The van der Waals surface area contributed by atoms with E-state index in [0.717, 1.165) is 6.04 Å². The summed E-state index contributed by atoms with van der Waals surface area (Å²) in [6, 6.07) is 1.46. The van der Waals surface area contributed by atoms with Crippen LogP contribution in [0.15, 0.2) is 0 Å². The molecule has 1 heterocycles. The zero-order valence-corrected chi connectivity index (χ0v) is 13.3. The lowest BCUT2D eigenvalue weighted by Crippen LogP contribution is -2.43. The van der Waals surface area contributed by atoms with Gasteiger partial charge in [0.2, 0.25) is 0 Å². The van der Waals surface area contributed by atoms with E-state index in [1.165, 1.54) is 51.6 Å². The molecule has 1 aliphatic rings. The fraction of sp³-hybridized carbons (Fsp3) is 1.00. The van der Waals surface area contributed by atoms with Gasteiger partial charge in [-0.25, -0.2) is 0 Å². The normalized spacial score (nSPS) is 24.8. The molecule has 2 heteroatoms. The van der Waals surface area contributed by atoms with Crippen LogP contribution in [0.3, 0.4) is 0 Å². The molecule has 1 saturated heterocycles. The molecule has 0 amide bonds. The van der Waals surface area contributed by atoms with Gasteiger partial charge in [-0.05, 0) is 51.2 Å². The molecule has 1 fully saturated rings. The van der Waals surface area contributed by atoms with E-state index in [0.29, 0.717) is 11.5 Å². The van der Waals surface area contributed by atoms with Gasteiger partial charge in [-0.3, -0.25) is 0 Å². The average Bonchev–Trinajstić information content (AvgIpc) is 2.53. The summed E-state index contributed by atoms with van der Waals surface area (Å²) in [7, 11) is 2.11. The van der Waals surface area contributed by atoms with Gasteiger partial charge in [-0.2, -0.15) is 0 Å². The van der Waals surface area contributed by atoms with Crippen molar-refractivity contribution in [2.45, 2.75) is 78.3 Å². The number of hydrogen-bond acceptors (Lipinski definition) is 2. The summed E-state index contributed by atoms with van der Waals surface area (Å²) < 4.78 is 0. The van der Waals surface area contributed by atoms with Crippen molar-refractivity contribution in [1.82, 2.24) is 10.2 Å². The first-order valence-corrected chi connectivity index (χ1v) is 7.90. The highest BCUT2D eigenvalue weighted by Crippen LogP contribution is 2.24. The van der Waals surface area contributed by atoms with Crippen molar-refractivity contribution in [1.29, 1.82) is 0 Å². The number of rotatable bonds is 5. The summed E-state index contributed by atoms with van der Waals surface area (Å²) >= 11 is 0. The first-order valence-electron chi connectivity index (χ1n) is 7.90. The summed E-state index contributed by atoms with van der Waals surface area (Å²) in [6.45, 7) is 12.0. The highest BCUT2D eigenvalue weighted by atomic mass is 15.2. The Balaban J connectivity index is 2.48. The minimum absolute atomic E-state index is 0.363. The summed E-state index contributed by atoms with van der Waals surface area (Å²) in [4.78, 5) is 2.75. The first-order chi connectivity index (χ1) is 8.49. The Labute approximate surface area is 115 Å². The molecule has 0 aromatic carbocycles. The molecule has 2 atom stereocenters. The van der Waals surface area contributed by atoms with E-state index < -0.39 is 0 Å². The standard InChI is InChI=1S/C16H34N2/c1-6-14-10-8-7-9-12-18(14)13-11-15(17-5)16(2,3)4/h14-15,17H,6-13H2,1-5H3. The third-order valence-electron chi connectivity index (χ3n) is 4.57. The van der Waals surface area contributed by atoms with Gasteiger partial charge >= 0.3 is 0 Å². The number of likely N-dealkylation sites (tertiary alicyclic amines) is 1. The van der Waals surface area contributed by atoms with Crippen molar-refractivity contribution >= 4 is 0 Å². The second-order valence-corrected chi connectivity index (χ2v) is 6.94. The molecule has 0 bridgehead atoms. The molecule has 0 spiro atoms. The van der Waals surface area contributed by atoms with Gasteiger partial charge in [0.1, 0.15) is 0 Å². The molecule has 1 aliphatic heterocycles. The zero-order chi connectivity index (χ0) is 13.6. The maximum atomic E-state index is 3.50. The third kappa shape index (κ3) is 4.89. The fourth-order valence-corrected chi connectivity index (χ4v) is 3.30.